The lowest BCUT2D eigenvalue weighted by Crippen LogP contribution is -2.25. The second kappa shape index (κ2) is 4.11. The molecule has 0 aromatic heterocycles. The Morgan fingerprint density at radius 3 is 3.07 bits per heavy atom. The van der Waals surface area contributed by atoms with Crippen LogP contribution in [-0.2, 0) is 6.42 Å². The van der Waals surface area contributed by atoms with Gasteiger partial charge in [-0.15, -0.1) is 0 Å². The Bertz CT molecular complexity index is 349. The Kier molecular flexibility index (Phi) is 2.82. The summed E-state index contributed by atoms with van der Waals surface area (Å²) in [6.07, 6.45) is 2.00. The van der Waals surface area contributed by atoms with Crippen molar-refractivity contribution in [1.82, 2.24) is 0 Å². The molecule has 0 saturated carbocycles. The Labute approximate surface area is 90.2 Å². The number of hydrogen-bond acceptors (Lipinski definition) is 3. The van der Waals surface area contributed by atoms with Crippen LogP contribution in [0, 0.1) is 0 Å². The summed E-state index contributed by atoms with van der Waals surface area (Å²) in [5.41, 5.74) is 6.94. The minimum Gasteiger partial charge on any atom is -0.496 e. The molecule has 0 aliphatic carbocycles. The van der Waals surface area contributed by atoms with E-state index in [1.54, 1.807) is 7.11 Å². The average Bonchev–Trinajstić information content (AvgIpc) is 2.58. The predicted molar refractivity (Wildman–Crippen MR) is 59.4 cm³/mol. The van der Waals surface area contributed by atoms with E-state index in [0.717, 1.165) is 24.3 Å². The van der Waals surface area contributed by atoms with E-state index in [1.807, 2.05) is 25.1 Å². The summed E-state index contributed by atoms with van der Waals surface area (Å²) < 4.78 is 11.1. The molecule has 1 heterocycles. The average molecular weight is 207 g/mol. The first kappa shape index (κ1) is 10.3. The highest BCUT2D eigenvalue weighted by Crippen LogP contribution is 2.36. The van der Waals surface area contributed by atoms with Gasteiger partial charge in [-0.25, -0.2) is 0 Å². The van der Waals surface area contributed by atoms with E-state index < -0.39 is 0 Å². The van der Waals surface area contributed by atoms with E-state index in [0.29, 0.717) is 0 Å². The van der Waals surface area contributed by atoms with Gasteiger partial charge in [0.1, 0.15) is 17.6 Å². The number of hydrogen-bond donors (Lipinski definition) is 1. The molecule has 0 spiro atoms. The van der Waals surface area contributed by atoms with Gasteiger partial charge in [-0.3, -0.25) is 0 Å². The topological polar surface area (TPSA) is 44.5 Å². The monoisotopic (exact) mass is 207 g/mol. The number of nitrogens with two attached hydrogens (primary N) is 1. The number of benzene rings is 1. The zero-order valence-corrected chi connectivity index (χ0v) is 9.19. The fourth-order valence-electron chi connectivity index (χ4n) is 2.04. The fourth-order valence-corrected chi connectivity index (χ4v) is 2.04. The molecular formula is C12H17NO2. The maximum atomic E-state index is 5.80. The highest BCUT2D eigenvalue weighted by molar-refractivity contribution is 5.47. The maximum absolute atomic E-state index is 5.80. The first-order valence-corrected chi connectivity index (χ1v) is 5.29. The quantitative estimate of drug-likeness (QED) is 0.821. The summed E-state index contributed by atoms with van der Waals surface area (Å²) in [5.74, 6) is 1.86. The summed E-state index contributed by atoms with van der Waals surface area (Å²) in [5, 5.41) is 0. The number of rotatable bonds is 3. The van der Waals surface area contributed by atoms with Gasteiger partial charge in [0.05, 0.1) is 7.11 Å². The van der Waals surface area contributed by atoms with E-state index in [1.165, 1.54) is 5.56 Å². The second-order valence-corrected chi connectivity index (χ2v) is 4.09. The van der Waals surface area contributed by atoms with Gasteiger partial charge in [-0.05, 0) is 25.5 Å². The largest absolute Gasteiger partial charge is 0.496 e. The second-order valence-electron chi connectivity index (χ2n) is 4.09. The molecule has 15 heavy (non-hydrogen) atoms. The highest BCUT2D eigenvalue weighted by Gasteiger charge is 2.26. The predicted octanol–water partition coefficient (Wildman–Crippen LogP) is 1.74. The Hall–Kier alpha value is -1.22. The third-order valence-corrected chi connectivity index (χ3v) is 2.67. The lowest BCUT2D eigenvalue weighted by Gasteiger charge is -2.12. The van der Waals surface area contributed by atoms with Crippen LogP contribution in [0.5, 0.6) is 11.5 Å². The van der Waals surface area contributed by atoms with Crippen molar-refractivity contribution in [2.75, 3.05) is 7.11 Å². The maximum Gasteiger partial charge on any atom is 0.126 e. The van der Waals surface area contributed by atoms with Crippen molar-refractivity contribution in [2.45, 2.75) is 31.9 Å². The molecule has 2 atom stereocenters. The zero-order valence-electron chi connectivity index (χ0n) is 9.19. The lowest BCUT2D eigenvalue weighted by molar-refractivity contribution is 0.213. The molecule has 82 valence electrons. The molecule has 1 aliphatic rings. The Morgan fingerprint density at radius 2 is 2.40 bits per heavy atom. The third-order valence-electron chi connectivity index (χ3n) is 2.67. The van der Waals surface area contributed by atoms with Gasteiger partial charge in [0.15, 0.2) is 0 Å². The van der Waals surface area contributed by atoms with Crippen molar-refractivity contribution in [3.8, 4) is 11.5 Å². The third kappa shape index (κ3) is 2.07. The van der Waals surface area contributed by atoms with E-state index in [2.05, 4.69) is 0 Å². The van der Waals surface area contributed by atoms with Crippen molar-refractivity contribution in [1.29, 1.82) is 0 Å². The summed E-state index contributed by atoms with van der Waals surface area (Å²) in [6.45, 7) is 2.00. The smallest absolute Gasteiger partial charge is 0.126 e. The molecule has 2 unspecified atom stereocenters. The first-order chi connectivity index (χ1) is 7.20. The standard InChI is InChI=1S/C12H17NO2/c1-8(13)6-9-7-10-11(14-2)4-3-5-12(10)15-9/h3-5,8-9H,6-7,13H2,1-2H3. The molecule has 0 saturated heterocycles. The molecule has 0 bridgehead atoms. The van der Waals surface area contributed by atoms with Gasteiger partial charge >= 0.3 is 0 Å². The van der Waals surface area contributed by atoms with Crippen molar-refractivity contribution >= 4 is 0 Å². The SMILES string of the molecule is COc1cccc2c1CC(CC(C)N)O2. The summed E-state index contributed by atoms with van der Waals surface area (Å²) in [7, 11) is 1.69. The van der Waals surface area contributed by atoms with Crippen molar-refractivity contribution < 1.29 is 9.47 Å². The van der Waals surface area contributed by atoms with Crippen LogP contribution >= 0.6 is 0 Å². The molecule has 2 rings (SSSR count). The van der Waals surface area contributed by atoms with Crippen LogP contribution < -0.4 is 15.2 Å². The van der Waals surface area contributed by atoms with Crippen molar-refractivity contribution in [2.24, 2.45) is 5.73 Å². The Morgan fingerprint density at radius 1 is 1.60 bits per heavy atom. The molecule has 3 heteroatoms. The highest BCUT2D eigenvalue weighted by atomic mass is 16.5. The van der Waals surface area contributed by atoms with Gasteiger partial charge in [0, 0.05) is 18.0 Å². The minimum atomic E-state index is 0.176. The van der Waals surface area contributed by atoms with Gasteiger partial charge in [0.2, 0.25) is 0 Å². The van der Waals surface area contributed by atoms with E-state index in [9.17, 15) is 0 Å². The van der Waals surface area contributed by atoms with Gasteiger partial charge in [-0.2, -0.15) is 0 Å². The van der Waals surface area contributed by atoms with E-state index >= 15 is 0 Å². The summed E-state index contributed by atoms with van der Waals surface area (Å²) in [6, 6.07) is 6.08. The molecule has 1 aromatic carbocycles. The van der Waals surface area contributed by atoms with Gasteiger partial charge < -0.3 is 15.2 Å². The van der Waals surface area contributed by atoms with E-state index in [-0.39, 0.29) is 12.1 Å². The number of methoxy groups -OCH3 is 1. The number of ether oxygens (including phenoxy) is 2. The van der Waals surface area contributed by atoms with Crippen LogP contribution in [0.4, 0.5) is 0 Å². The van der Waals surface area contributed by atoms with Crippen LogP contribution in [0.2, 0.25) is 0 Å². The molecule has 3 nitrogen and oxygen atoms in total. The van der Waals surface area contributed by atoms with Crippen LogP contribution in [-0.4, -0.2) is 19.3 Å². The molecule has 0 fully saturated rings. The van der Waals surface area contributed by atoms with Gasteiger partial charge in [-0.1, -0.05) is 6.07 Å². The van der Waals surface area contributed by atoms with Gasteiger partial charge in [0.25, 0.3) is 0 Å². The fraction of sp³-hybridized carbons (Fsp3) is 0.500. The molecule has 0 radical (unpaired) electrons. The van der Waals surface area contributed by atoms with E-state index in [4.69, 9.17) is 15.2 Å². The number of fused-ring (bicyclic) bond motifs is 1. The zero-order chi connectivity index (χ0) is 10.8. The minimum absolute atomic E-state index is 0.176. The van der Waals surface area contributed by atoms with Crippen LogP contribution in [0.15, 0.2) is 18.2 Å². The van der Waals surface area contributed by atoms with Crippen LogP contribution in [0.3, 0.4) is 0 Å². The van der Waals surface area contributed by atoms with Crippen LogP contribution in [0.1, 0.15) is 18.9 Å². The molecule has 1 aromatic rings. The molecular weight excluding hydrogens is 190 g/mol. The lowest BCUT2D eigenvalue weighted by atomic mass is 10.0. The molecule has 0 amide bonds. The van der Waals surface area contributed by atoms with Crippen molar-refractivity contribution in [3.05, 3.63) is 23.8 Å². The summed E-state index contributed by atoms with van der Waals surface area (Å²) in [4.78, 5) is 0. The normalized spacial score (nSPS) is 20.6. The first-order valence-electron chi connectivity index (χ1n) is 5.29. The molecule has 1 aliphatic heterocycles. The molecule has 2 N–H and O–H groups in total. The summed E-state index contributed by atoms with van der Waals surface area (Å²) >= 11 is 0. The van der Waals surface area contributed by atoms with Crippen molar-refractivity contribution in [3.63, 3.8) is 0 Å². The van der Waals surface area contributed by atoms with Crippen LogP contribution in [0.25, 0.3) is 0 Å². The Balaban J connectivity index is 2.16.